The minimum absolute atomic E-state index is 0.604. The van der Waals surface area contributed by atoms with Gasteiger partial charge in [0, 0.05) is 16.5 Å². The summed E-state index contributed by atoms with van der Waals surface area (Å²) in [5.41, 5.74) is 11.5. The van der Waals surface area contributed by atoms with Crippen LogP contribution in [-0.4, -0.2) is 21.0 Å². The van der Waals surface area contributed by atoms with Crippen molar-refractivity contribution >= 4 is 16.8 Å². The molecule has 0 spiro atoms. The molecule has 1 aliphatic rings. The molecule has 180 valence electrons. The number of benzene rings is 3. The monoisotopic (exact) mass is 486 g/mol. The Morgan fingerprint density at radius 2 is 1.59 bits per heavy atom. The average molecular weight is 487 g/mol. The molecule has 0 aliphatic carbocycles. The molecule has 0 radical (unpaired) electrons. The average Bonchev–Trinajstić information content (AvgIpc) is 3.75. The number of rotatable bonds is 5. The summed E-state index contributed by atoms with van der Waals surface area (Å²) in [7, 11) is 0. The third kappa shape index (κ3) is 3.80. The van der Waals surface area contributed by atoms with Crippen molar-refractivity contribution in [3.05, 3.63) is 109 Å². The Kier molecular flexibility index (Phi) is 4.80. The highest BCUT2D eigenvalue weighted by atomic mass is 16.3. The van der Waals surface area contributed by atoms with E-state index in [-0.39, 0.29) is 0 Å². The van der Waals surface area contributed by atoms with Crippen molar-refractivity contribution in [1.82, 2.24) is 26.0 Å². The second kappa shape index (κ2) is 8.32. The number of hydrogen-bond donors (Lipinski definition) is 3. The zero-order chi connectivity index (χ0) is 24.8. The maximum atomic E-state index is 6.29. The van der Waals surface area contributed by atoms with Gasteiger partial charge < -0.3 is 14.3 Å². The van der Waals surface area contributed by atoms with E-state index < -0.39 is 5.66 Å². The third-order valence-electron chi connectivity index (χ3n) is 6.56. The first-order valence-corrected chi connectivity index (χ1v) is 11.9. The number of aromatic amines is 1. The van der Waals surface area contributed by atoms with Gasteiger partial charge in [-0.2, -0.15) is 5.10 Å². The quantitative estimate of drug-likeness (QED) is 0.281. The van der Waals surface area contributed by atoms with E-state index in [1.807, 2.05) is 61.5 Å². The molecule has 0 saturated heterocycles. The number of furan rings is 2. The van der Waals surface area contributed by atoms with Gasteiger partial charge in [-0.3, -0.25) is 5.10 Å². The second-order valence-electron chi connectivity index (χ2n) is 9.11. The number of hydrazine groups is 1. The Morgan fingerprint density at radius 1 is 0.784 bits per heavy atom. The lowest BCUT2D eigenvalue weighted by molar-refractivity contribution is 0.325. The highest BCUT2D eigenvalue weighted by Crippen LogP contribution is 2.34. The van der Waals surface area contributed by atoms with Crippen LogP contribution in [0.15, 0.2) is 111 Å². The molecular formula is C29H22N6O2. The van der Waals surface area contributed by atoms with E-state index in [2.05, 4.69) is 56.4 Å². The molecule has 3 N–H and O–H groups in total. The van der Waals surface area contributed by atoms with Gasteiger partial charge in [0.25, 0.3) is 0 Å². The molecule has 8 nitrogen and oxygen atoms in total. The Labute approximate surface area is 212 Å². The molecule has 4 heterocycles. The van der Waals surface area contributed by atoms with E-state index in [9.17, 15) is 0 Å². The van der Waals surface area contributed by atoms with Crippen LogP contribution in [0.4, 0.5) is 0 Å². The zero-order valence-corrected chi connectivity index (χ0v) is 19.9. The molecule has 1 aliphatic heterocycles. The minimum Gasteiger partial charge on any atom is -0.472 e. The first kappa shape index (κ1) is 21.3. The summed E-state index contributed by atoms with van der Waals surface area (Å²) in [5, 5.41) is 8.31. The van der Waals surface area contributed by atoms with Gasteiger partial charge >= 0.3 is 0 Å². The van der Waals surface area contributed by atoms with E-state index >= 15 is 0 Å². The molecule has 0 fully saturated rings. The molecule has 7 rings (SSSR count). The molecule has 3 aromatic carbocycles. The van der Waals surface area contributed by atoms with Crippen LogP contribution < -0.4 is 10.9 Å². The maximum Gasteiger partial charge on any atom is 0.184 e. The number of amidine groups is 1. The van der Waals surface area contributed by atoms with Crippen molar-refractivity contribution in [3.63, 3.8) is 0 Å². The highest BCUT2D eigenvalue weighted by molar-refractivity contribution is 5.99. The summed E-state index contributed by atoms with van der Waals surface area (Å²) in [6.45, 7) is 1.99. The fourth-order valence-electron chi connectivity index (χ4n) is 4.49. The van der Waals surface area contributed by atoms with Crippen molar-refractivity contribution in [2.24, 2.45) is 4.99 Å². The molecule has 0 saturated carbocycles. The molecule has 1 atom stereocenters. The fourth-order valence-corrected chi connectivity index (χ4v) is 4.49. The Balaban J connectivity index is 1.15. The van der Waals surface area contributed by atoms with E-state index in [1.165, 1.54) is 0 Å². The maximum absolute atomic E-state index is 6.29. The van der Waals surface area contributed by atoms with Crippen LogP contribution in [0.3, 0.4) is 0 Å². The predicted octanol–water partition coefficient (Wildman–Crippen LogP) is 5.87. The van der Waals surface area contributed by atoms with Crippen LogP contribution in [0.25, 0.3) is 44.9 Å². The van der Waals surface area contributed by atoms with Crippen molar-refractivity contribution in [2.75, 3.05) is 0 Å². The largest absolute Gasteiger partial charge is 0.472 e. The highest BCUT2D eigenvalue weighted by Gasteiger charge is 2.35. The number of nitrogens with one attached hydrogen (secondary N) is 3. The first-order valence-electron chi connectivity index (χ1n) is 11.9. The molecule has 6 aromatic rings. The summed E-state index contributed by atoms with van der Waals surface area (Å²) in [4.78, 5) is 9.45. The van der Waals surface area contributed by atoms with Crippen molar-refractivity contribution in [3.8, 4) is 33.9 Å². The second-order valence-corrected chi connectivity index (χ2v) is 9.11. The van der Waals surface area contributed by atoms with Crippen LogP contribution in [0.1, 0.15) is 18.2 Å². The number of nitrogens with zero attached hydrogens (tertiary/aromatic N) is 3. The van der Waals surface area contributed by atoms with Crippen LogP contribution in [0, 0.1) is 0 Å². The molecule has 0 bridgehead atoms. The van der Waals surface area contributed by atoms with Gasteiger partial charge in [-0.25, -0.2) is 15.4 Å². The third-order valence-corrected chi connectivity index (χ3v) is 6.56. The van der Waals surface area contributed by atoms with Gasteiger partial charge in [-0.15, -0.1) is 0 Å². The first-order chi connectivity index (χ1) is 18.1. The Hall–Kier alpha value is -4.95. The zero-order valence-electron chi connectivity index (χ0n) is 19.9. The standard InChI is InChI=1S/C29H22N6O2/c1-29(31-28(34-35-29)19-5-3-2-4-6-19)25-16-22-12-11-21(15-24(22)37-25)18-7-9-20(10-8-18)26-30-27(33-32-26)23-13-14-36-17-23/h2-17,35H,1H3,(H,31,34)(H,30,32,33). The van der Waals surface area contributed by atoms with Crippen LogP contribution in [-0.2, 0) is 5.66 Å². The summed E-state index contributed by atoms with van der Waals surface area (Å²) in [6, 6.07) is 28.3. The van der Waals surface area contributed by atoms with Gasteiger partial charge in [-0.1, -0.05) is 66.7 Å². The molecule has 0 amide bonds. The number of H-pyrrole nitrogens is 1. The van der Waals surface area contributed by atoms with E-state index in [4.69, 9.17) is 13.8 Å². The minimum atomic E-state index is -0.710. The fraction of sp³-hybridized carbons (Fsp3) is 0.0690. The number of fused-ring (bicyclic) bond motifs is 1. The molecule has 8 heteroatoms. The SMILES string of the molecule is CC1(c2cc3ccc(-c4ccc(-c5nc(-c6ccoc6)n[nH]5)cc4)cc3o2)N=C(c2ccccc2)NN1. The van der Waals surface area contributed by atoms with Gasteiger partial charge in [0.15, 0.2) is 17.3 Å². The van der Waals surface area contributed by atoms with E-state index in [1.54, 1.807) is 12.5 Å². The number of aliphatic imine (C=N–C) groups is 1. The molecule has 1 unspecified atom stereocenters. The van der Waals surface area contributed by atoms with Gasteiger partial charge in [0.05, 0.1) is 11.8 Å². The predicted molar refractivity (Wildman–Crippen MR) is 141 cm³/mol. The van der Waals surface area contributed by atoms with Gasteiger partial charge in [0.1, 0.15) is 23.4 Å². The van der Waals surface area contributed by atoms with E-state index in [0.29, 0.717) is 11.6 Å². The summed E-state index contributed by atoms with van der Waals surface area (Å²) in [5.74, 6) is 2.84. The smallest absolute Gasteiger partial charge is 0.184 e. The van der Waals surface area contributed by atoms with Crippen LogP contribution in [0.2, 0.25) is 0 Å². The topological polar surface area (TPSA) is 104 Å². The Morgan fingerprint density at radius 3 is 2.41 bits per heavy atom. The normalized spacial score (nSPS) is 17.2. The van der Waals surface area contributed by atoms with Crippen LogP contribution in [0.5, 0.6) is 0 Å². The Bertz CT molecular complexity index is 1730. The molecular weight excluding hydrogens is 464 g/mol. The summed E-state index contributed by atoms with van der Waals surface area (Å²) in [6.07, 6.45) is 3.23. The lowest BCUT2D eigenvalue weighted by Crippen LogP contribution is -2.41. The summed E-state index contributed by atoms with van der Waals surface area (Å²) < 4.78 is 11.4. The lowest BCUT2D eigenvalue weighted by Gasteiger charge is -2.16. The van der Waals surface area contributed by atoms with Crippen molar-refractivity contribution in [1.29, 1.82) is 0 Å². The van der Waals surface area contributed by atoms with Crippen molar-refractivity contribution < 1.29 is 8.83 Å². The van der Waals surface area contributed by atoms with Crippen LogP contribution >= 0.6 is 0 Å². The number of hydrogen-bond acceptors (Lipinski definition) is 7. The van der Waals surface area contributed by atoms with Gasteiger partial charge in [0.2, 0.25) is 0 Å². The van der Waals surface area contributed by atoms with E-state index in [0.717, 1.165) is 50.4 Å². The summed E-state index contributed by atoms with van der Waals surface area (Å²) >= 11 is 0. The lowest BCUT2D eigenvalue weighted by atomic mass is 10.0. The van der Waals surface area contributed by atoms with Gasteiger partial charge in [-0.05, 0) is 36.2 Å². The molecule has 37 heavy (non-hydrogen) atoms. The number of aromatic nitrogens is 3. The van der Waals surface area contributed by atoms with Crippen molar-refractivity contribution in [2.45, 2.75) is 12.6 Å². The molecule has 3 aromatic heterocycles.